The third kappa shape index (κ3) is 3.61. The van der Waals surface area contributed by atoms with E-state index in [2.05, 4.69) is 0 Å². The number of methoxy groups -OCH3 is 1. The number of nitro benzene ring substituents is 1. The van der Waals surface area contributed by atoms with Crippen LogP contribution >= 0.6 is 11.6 Å². The Morgan fingerprint density at radius 1 is 1.24 bits per heavy atom. The van der Waals surface area contributed by atoms with Gasteiger partial charge in [-0.2, -0.15) is 0 Å². The number of hydrogen-bond acceptors (Lipinski definition) is 4. The lowest BCUT2D eigenvalue weighted by atomic mass is 10.2. The first-order chi connectivity index (χ1) is 10.0. The van der Waals surface area contributed by atoms with E-state index in [1.807, 2.05) is 0 Å². The molecular formula is C14H11ClFNO4. The van der Waals surface area contributed by atoms with E-state index in [-0.39, 0.29) is 23.8 Å². The summed E-state index contributed by atoms with van der Waals surface area (Å²) in [4.78, 5) is 10.3. The Kier molecular flexibility index (Phi) is 4.59. The van der Waals surface area contributed by atoms with Gasteiger partial charge < -0.3 is 9.47 Å². The molecule has 0 unspecified atom stereocenters. The number of nitro groups is 1. The summed E-state index contributed by atoms with van der Waals surface area (Å²) in [6.07, 6.45) is 0. The minimum Gasteiger partial charge on any atom is -0.494 e. The van der Waals surface area contributed by atoms with E-state index in [1.54, 1.807) is 6.07 Å². The van der Waals surface area contributed by atoms with Gasteiger partial charge in [0.15, 0.2) is 17.3 Å². The summed E-state index contributed by atoms with van der Waals surface area (Å²) < 4.78 is 23.7. The third-order valence-electron chi connectivity index (χ3n) is 2.73. The van der Waals surface area contributed by atoms with Gasteiger partial charge in [0.1, 0.15) is 6.61 Å². The number of halogens is 2. The number of hydrogen-bond donors (Lipinski definition) is 0. The second-order valence-corrected chi connectivity index (χ2v) is 4.56. The molecule has 2 rings (SSSR count). The van der Waals surface area contributed by atoms with Crippen molar-refractivity contribution in [2.24, 2.45) is 0 Å². The lowest BCUT2D eigenvalue weighted by Gasteiger charge is -2.08. The zero-order valence-corrected chi connectivity index (χ0v) is 11.8. The lowest BCUT2D eigenvalue weighted by molar-refractivity contribution is -0.385. The summed E-state index contributed by atoms with van der Waals surface area (Å²) in [6, 6.07) is 8.32. The van der Waals surface area contributed by atoms with Crippen molar-refractivity contribution in [1.29, 1.82) is 0 Å². The van der Waals surface area contributed by atoms with Crippen LogP contribution in [0, 0.1) is 15.9 Å². The second-order valence-electron chi connectivity index (χ2n) is 4.13. The van der Waals surface area contributed by atoms with E-state index >= 15 is 0 Å². The summed E-state index contributed by atoms with van der Waals surface area (Å²) in [5, 5.41) is 11.2. The van der Waals surface area contributed by atoms with Crippen LogP contribution in [0.5, 0.6) is 11.5 Å². The first-order valence-corrected chi connectivity index (χ1v) is 6.28. The molecule has 5 nitrogen and oxygen atoms in total. The minimum atomic E-state index is -0.569. The molecule has 0 bridgehead atoms. The fourth-order valence-electron chi connectivity index (χ4n) is 1.72. The van der Waals surface area contributed by atoms with Gasteiger partial charge in [-0.05, 0) is 23.8 Å². The van der Waals surface area contributed by atoms with E-state index < -0.39 is 10.7 Å². The summed E-state index contributed by atoms with van der Waals surface area (Å²) >= 11 is 5.79. The Morgan fingerprint density at radius 3 is 2.62 bits per heavy atom. The monoisotopic (exact) mass is 311 g/mol. The quantitative estimate of drug-likeness (QED) is 0.619. The molecule has 0 heterocycles. The van der Waals surface area contributed by atoms with E-state index in [9.17, 15) is 14.5 Å². The van der Waals surface area contributed by atoms with Gasteiger partial charge in [-0.25, -0.2) is 4.39 Å². The van der Waals surface area contributed by atoms with Crippen LogP contribution in [-0.2, 0) is 6.61 Å². The van der Waals surface area contributed by atoms with Gasteiger partial charge in [-0.1, -0.05) is 17.7 Å². The van der Waals surface area contributed by atoms with Crippen molar-refractivity contribution in [3.8, 4) is 11.5 Å². The van der Waals surface area contributed by atoms with Crippen LogP contribution in [0.2, 0.25) is 5.02 Å². The maximum atomic E-state index is 13.5. The van der Waals surface area contributed by atoms with E-state index in [4.69, 9.17) is 21.1 Å². The first-order valence-electron chi connectivity index (χ1n) is 5.90. The van der Waals surface area contributed by atoms with Crippen molar-refractivity contribution >= 4 is 17.3 Å². The predicted molar refractivity (Wildman–Crippen MR) is 75.4 cm³/mol. The van der Waals surface area contributed by atoms with Gasteiger partial charge in [-0.3, -0.25) is 10.1 Å². The Hall–Kier alpha value is -2.34. The molecule has 0 atom stereocenters. The fraction of sp³-hybridized carbons (Fsp3) is 0.143. The molecule has 21 heavy (non-hydrogen) atoms. The van der Waals surface area contributed by atoms with Crippen molar-refractivity contribution in [2.75, 3.05) is 7.11 Å². The van der Waals surface area contributed by atoms with Crippen molar-refractivity contribution in [2.45, 2.75) is 6.61 Å². The smallest absolute Gasteiger partial charge is 0.311 e. The zero-order valence-electron chi connectivity index (χ0n) is 11.0. The molecule has 110 valence electrons. The SMILES string of the molecule is COc1ccc(COc2cc(Cl)ccc2[N+](=O)[O-])cc1F. The molecule has 2 aromatic rings. The van der Waals surface area contributed by atoms with Crippen molar-refractivity contribution < 1.29 is 18.8 Å². The van der Waals surface area contributed by atoms with Crippen molar-refractivity contribution in [3.05, 3.63) is 62.9 Å². The second kappa shape index (κ2) is 6.41. The standard InChI is InChI=1S/C14H11ClFNO4/c1-20-13-5-2-9(6-11(13)16)8-21-14-7-10(15)3-4-12(14)17(18)19/h2-7H,8H2,1H3. The molecule has 2 aromatic carbocycles. The molecule has 0 saturated carbocycles. The number of ether oxygens (including phenoxy) is 2. The molecule has 0 aliphatic heterocycles. The van der Waals surface area contributed by atoms with Crippen LogP contribution in [0.15, 0.2) is 36.4 Å². The molecule has 0 aliphatic carbocycles. The predicted octanol–water partition coefficient (Wildman–Crippen LogP) is 3.97. The van der Waals surface area contributed by atoms with Gasteiger partial charge >= 0.3 is 5.69 Å². The molecule has 7 heteroatoms. The van der Waals surface area contributed by atoms with Gasteiger partial charge in [0, 0.05) is 17.2 Å². The van der Waals surface area contributed by atoms with Gasteiger partial charge in [0.25, 0.3) is 0 Å². The van der Waals surface area contributed by atoms with Crippen LogP contribution in [0.1, 0.15) is 5.56 Å². The Morgan fingerprint density at radius 2 is 2.00 bits per heavy atom. The zero-order chi connectivity index (χ0) is 15.4. The average molecular weight is 312 g/mol. The van der Waals surface area contributed by atoms with Crippen LogP contribution in [0.25, 0.3) is 0 Å². The van der Waals surface area contributed by atoms with Crippen LogP contribution < -0.4 is 9.47 Å². The van der Waals surface area contributed by atoms with Crippen molar-refractivity contribution in [1.82, 2.24) is 0 Å². The lowest BCUT2D eigenvalue weighted by Crippen LogP contribution is -2.00. The molecule has 0 saturated heterocycles. The highest BCUT2D eigenvalue weighted by Crippen LogP contribution is 2.30. The molecule has 0 aliphatic rings. The molecule has 0 N–H and O–H groups in total. The number of benzene rings is 2. The molecule has 0 aromatic heterocycles. The van der Waals surface area contributed by atoms with Gasteiger partial charge in [0.2, 0.25) is 0 Å². The normalized spacial score (nSPS) is 10.2. The number of rotatable bonds is 5. The molecule has 0 radical (unpaired) electrons. The average Bonchev–Trinajstić information content (AvgIpc) is 2.45. The molecular weight excluding hydrogens is 301 g/mol. The van der Waals surface area contributed by atoms with E-state index in [0.29, 0.717) is 10.6 Å². The fourth-order valence-corrected chi connectivity index (χ4v) is 1.88. The van der Waals surface area contributed by atoms with E-state index in [1.165, 1.54) is 37.4 Å². The maximum absolute atomic E-state index is 13.5. The van der Waals surface area contributed by atoms with Crippen LogP contribution in [-0.4, -0.2) is 12.0 Å². The van der Waals surface area contributed by atoms with Crippen LogP contribution in [0.4, 0.5) is 10.1 Å². The molecule has 0 spiro atoms. The largest absolute Gasteiger partial charge is 0.494 e. The van der Waals surface area contributed by atoms with Crippen LogP contribution in [0.3, 0.4) is 0 Å². The Labute approximate surface area is 125 Å². The van der Waals surface area contributed by atoms with Crippen molar-refractivity contribution in [3.63, 3.8) is 0 Å². The number of nitrogens with zero attached hydrogens (tertiary/aromatic N) is 1. The highest BCUT2D eigenvalue weighted by atomic mass is 35.5. The summed E-state index contributed by atoms with van der Waals surface area (Å²) in [7, 11) is 1.36. The molecule has 0 fully saturated rings. The highest BCUT2D eigenvalue weighted by molar-refractivity contribution is 6.30. The third-order valence-corrected chi connectivity index (χ3v) is 2.96. The highest BCUT2D eigenvalue weighted by Gasteiger charge is 2.15. The Balaban J connectivity index is 2.18. The van der Waals surface area contributed by atoms with E-state index in [0.717, 1.165) is 0 Å². The molecule has 0 amide bonds. The van der Waals surface area contributed by atoms with Gasteiger partial charge in [0.05, 0.1) is 12.0 Å². The minimum absolute atomic E-state index is 0.0257. The summed E-state index contributed by atoms with van der Waals surface area (Å²) in [5.41, 5.74) is 0.316. The summed E-state index contributed by atoms with van der Waals surface area (Å²) in [5.74, 6) is -0.379. The maximum Gasteiger partial charge on any atom is 0.311 e. The van der Waals surface area contributed by atoms with Gasteiger partial charge in [-0.15, -0.1) is 0 Å². The topological polar surface area (TPSA) is 61.6 Å². The Bertz CT molecular complexity index is 678. The first kappa shape index (κ1) is 15.1. The summed E-state index contributed by atoms with van der Waals surface area (Å²) in [6.45, 7) is -0.0257.